The van der Waals surface area contributed by atoms with Crippen LogP contribution in [0.3, 0.4) is 0 Å². The number of rotatable bonds is 5. The number of hydrogen-bond donors (Lipinski definition) is 1. The first-order valence-corrected chi connectivity index (χ1v) is 8.36. The third-order valence-electron chi connectivity index (χ3n) is 3.93. The summed E-state index contributed by atoms with van der Waals surface area (Å²) in [6, 6.07) is 9.90. The number of ether oxygens (including phenoxy) is 1. The Kier molecular flexibility index (Phi) is 4.95. The third-order valence-corrected chi connectivity index (χ3v) is 3.93. The molecule has 3 rings (SSSR count). The Balaban J connectivity index is 1.84. The van der Waals surface area contributed by atoms with Gasteiger partial charge in [0.05, 0.1) is 12.3 Å². The highest BCUT2D eigenvalue weighted by Crippen LogP contribution is 2.28. The van der Waals surface area contributed by atoms with Gasteiger partial charge in [-0.3, -0.25) is 0 Å². The molecule has 23 heavy (non-hydrogen) atoms. The van der Waals surface area contributed by atoms with Crippen molar-refractivity contribution in [3.05, 3.63) is 36.0 Å². The maximum atomic E-state index is 5.67. The first-order valence-electron chi connectivity index (χ1n) is 8.36. The zero-order valence-electron chi connectivity index (χ0n) is 13.9. The van der Waals surface area contributed by atoms with Crippen LogP contribution in [0, 0.1) is 6.92 Å². The molecule has 0 spiro atoms. The topological polar surface area (TPSA) is 50.3 Å². The molecule has 0 radical (unpaired) electrons. The highest BCUT2D eigenvalue weighted by molar-refractivity contribution is 5.64. The number of nitrogens with zero attached hydrogens (tertiary/aromatic N) is 3. The van der Waals surface area contributed by atoms with Gasteiger partial charge in [0.2, 0.25) is 5.95 Å². The second kappa shape index (κ2) is 7.31. The van der Waals surface area contributed by atoms with E-state index >= 15 is 0 Å². The van der Waals surface area contributed by atoms with Crippen molar-refractivity contribution >= 4 is 17.5 Å². The largest absolute Gasteiger partial charge is 0.492 e. The average molecular weight is 312 g/mol. The van der Waals surface area contributed by atoms with Crippen LogP contribution >= 0.6 is 0 Å². The van der Waals surface area contributed by atoms with Crippen LogP contribution < -0.4 is 15.0 Å². The molecule has 1 aromatic heterocycles. The van der Waals surface area contributed by atoms with E-state index in [2.05, 4.69) is 15.2 Å². The smallest absolute Gasteiger partial charge is 0.227 e. The number of aromatic nitrogens is 2. The summed E-state index contributed by atoms with van der Waals surface area (Å²) in [4.78, 5) is 11.6. The summed E-state index contributed by atoms with van der Waals surface area (Å²) < 4.78 is 5.67. The fraction of sp³-hybridized carbons (Fsp3) is 0.444. The SMILES string of the molecule is CCOc1ccccc1Nc1cc(C)nc(N2CCCCC2)n1. The van der Waals surface area contributed by atoms with Crippen molar-refractivity contribution in [1.82, 2.24) is 9.97 Å². The van der Waals surface area contributed by atoms with Gasteiger partial charge in [-0.05, 0) is 45.2 Å². The maximum absolute atomic E-state index is 5.67. The van der Waals surface area contributed by atoms with Crippen LogP contribution in [0.25, 0.3) is 0 Å². The second-order valence-electron chi connectivity index (χ2n) is 5.80. The first kappa shape index (κ1) is 15.6. The molecule has 5 heteroatoms. The number of para-hydroxylation sites is 2. The zero-order chi connectivity index (χ0) is 16.1. The molecule has 0 bridgehead atoms. The average Bonchev–Trinajstić information content (AvgIpc) is 2.57. The molecule has 1 aliphatic heterocycles. The summed E-state index contributed by atoms with van der Waals surface area (Å²) in [5.74, 6) is 2.47. The summed E-state index contributed by atoms with van der Waals surface area (Å²) in [5, 5.41) is 3.37. The molecule has 2 heterocycles. The van der Waals surface area contributed by atoms with Crippen molar-refractivity contribution in [2.75, 3.05) is 29.9 Å². The Hall–Kier alpha value is -2.30. The molecule has 5 nitrogen and oxygen atoms in total. The van der Waals surface area contributed by atoms with Crippen molar-refractivity contribution in [2.45, 2.75) is 33.1 Å². The molecular weight excluding hydrogens is 288 g/mol. The number of hydrogen-bond acceptors (Lipinski definition) is 5. The van der Waals surface area contributed by atoms with E-state index in [0.29, 0.717) is 6.61 Å². The van der Waals surface area contributed by atoms with Gasteiger partial charge in [-0.15, -0.1) is 0 Å². The lowest BCUT2D eigenvalue weighted by Crippen LogP contribution is -2.31. The molecule has 0 unspecified atom stereocenters. The predicted molar refractivity (Wildman–Crippen MR) is 93.7 cm³/mol. The molecule has 122 valence electrons. The van der Waals surface area contributed by atoms with Crippen molar-refractivity contribution in [2.24, 2.45) is 0 Å². The van der Waals surface area contributed by atoms with Crippen molar-refractivity contribution in [3.63, 3.8) is 0 Å². The van der Waals surface area contributed by atoms with Gasteiger partial charge in [-0.25, -0.2) is 4.98 Å². The lowest BCUT2D eigenvalue weighted by Gasteiger charge is -2.27. The van der Waals surface area contributed by atoms with Gasteiger partial charge in [-0.1, -0.05) is 12.1 Å². The van der Waals surface area contributed by atoms with E-state index in [4.69, 9.17) is 9.72 Å². The minimum atomic E-state index is 0.639. The summed E-state index contributed by atoms with van der Waals surface area (Å²) in [7, 11) is 0. The number of benzene rings is 1. The van der Waals surface area contributed by atoms with E-state index in [0.717, 1.165) is 42.0 Å². The van der Waals surface area contributed by atoms with Crippen LogP contribution in [0.4, 0.5) is 17.5 Å². The second-order valence-corrected chi connectivity index (χ2v) is 5.80. The zero-order valence-corrected chi connectivity index (χ0v) is 13.9. The van der Waals surface area contributed by atoms with Gasteiger partial charge in [0.25, 0.3) is 0 Å². The molecule has 0 amide bonds. The van der Waals surface area contributed by atoms with Crippen molar-refractivity contribution in [3.8, 4) is 5.75 Å². The van der Waals surface area contributed by atoms with Crippen LogP contribution in [-0.2, 0) is 0 Å². The lowest BCUT2D eigenvalue weighted by molar-refractivity contribution is 0.342. The van der Waals surface area contributed by atoms with Gasteiger partial charge in [0.15, 0.2) is 0 Å². The Morgan fingerprint density at radius 3 is 2.70 bits per heavy atom. The van der Waals surface area contributed by atoms with Gasteiger partial charge in [0, 0.05) is 24.8 Å². The van der Waals surface area contributed by atoms with Crippen molar-refractivity contribution in [1.29, 1.82) is 0 Å². The van der Waals surface area contributed by atoms with E-state index in [9.17, 15) is 0 Å². The Morgan fingerprint density at radius 2 is 1.91 bits per heavy atom. The highest BCUT2D eigenvalue weighted by Gasteiger charge is 2.15. The molecule has 0 atom stereocenters. The molecule has 1 saturated heterocycles. The summed E-state index contributed by atoms with van der Waals surface area (Å²) in [5.41, 5.74) is 1.90. The molecule has 1 N–H and O–H groups in total. The van der Waals surface area contributed by atoms with E-state index in [1.165, 1.54) is 19.3 Å². The van der Waals surface area contributed by atoms with E-state index < -0.39 is 0 Å². The van der Waals surface area contributed by atoms with E-state index in [-0.39, 0.29) is 0 Å². The normalized spacial score (nSPS) is 14.6. The van der Waals surface area contributed by atoms with Gasteiger partial charge in [-0.2, -0.15) is 4.98 Å². The monoisotopic (exact) mass is 312 g/mol. The molecule has 2 aromatic rings. The molecular formula is C18H24N4O. The number of aryl methyl sites for hydroxylation is 1. The molecule has 1 fully saturated rings. The van der Waals surface area contributed by atoms with Crippen LogP contribution in [0.15, 0.2) is 30.3 Å². The molecule has 1 aliphatic rings. The summed E-state index contributed by atoms with van der Waals surface area (Å²) in [6.45, 7) is 6.71. The standard InChI is InChI=1S/C18H24N4O/c1-3-23-16-10-6-5-9-15(16)20-17-13-14(2)19-18(21-17)22-11-7-4-8-12-22/h5-6,9-10,13H,3-4,7-8,11-12H2,1-2H3,(H,19,20,21). The fourth-order valence-corrected chi connectivity index (χ4v) is 2.84. The van der Waals surface area contributed by atoms with Crippen LogP contribution in [-0.4, -0.2) is 29.7 Å². The fourth-order valence-electron chi connectivity index (χ4n) is 2.84. The van der Waals surface area contributed by atoms with E-state index in [1.54, 1.807) is 0 Å². The number of piperidine rings is 1. The Bertz CT molecular complexity index is 653. The minimum absolute atomic E-state index is 0.639. The Labute approximate surface area is 137 Å². The predicted octanol–water partition coefficient (Wildman–Crippen LogP) is 3.92. The first-order chi connectivity index (χ1) is 11.3. The van der Waals surface area contributed by atoms with E-state index in [1.807, 2.05) is 44.2 Å². The highest BCUT2D eigenvalue weighted by atomic mass is 16.5. The molecule has 0 aliphatic carbocycles. The molecule has 0 saturated carbocycles. The van der Waals surface area contributed by atoms with Crippen molar-refractivity contribution < 1.29 is 4.74 Å². The van der Waals surface area contributed by atoms with Gasteiger partial charge < -0.3 is 15.0 Å². The third kappa shape index (κ3) is 3.92. The minimum Gasteiger partial charge on any atom is -0.492 e. The number of nitrogens with one attached hydrogen (secondary N) is 1. The van der Waals surface area contributed by atoms with Gasteiger partial charge in [0.1, 0.15) is 11.6 Å². The lowest BCUT2D eigenvalue weighted by atomic mass is 10.1. The Morgan fingerprint density at radius 1 is 1.13 bits per heavy atom. The quantitative estimate of drug-likeness (QED) is 0.907. The van der Waals surface area contributed by atoms with Crippen LogP contribution in [0.5, 0.6) is 5.75 Å². The maximum Gasteiger partial charge on any atom is 0.227 e. The summed E-state index contributed by atoms with van der Waals surface area (Å²) >= 11 is 0. The van der Waals surface area contributed by atoms with Gasteiger partial charge >= 0.3 is 0 Å². The van der Waals surface area contributed by atoms with Crippen LogP contribution in [0.2, 0.25) is 0 Å². The summed E-state index contributed by atoms with van der Waals surface area (Å²) in [6.07, 6.45) is 3.73. The number of anilines is 3. The molecule has 1 aromatic carbocycles. The van der Waals surface area contributed by atoms with Crippen LogP contribution in [0.1, 0.15) is 31.9 Å².